The van der Waals surface area contributed by atoms with Gasteiger partial charge in [-0.25, -0.2) is 19.7 Å². The third-order valence-corrected chi connectivity index (χ3v) is 4.43. The van der Waals surface area contributed by atoms with Gasteiger partial charge < -0.3 is 26.0 Å². The van der Waals surface area contributed by atoms with Gasteiger partial charge in [-0.1, -0.05) is 6.07 Å². The first-order valence-corrected chi connectivity index (χ1v) is 10.4. The largest absolute Gasteiger partial charge is 0.494 e. The molecule has 2 amide bonds. The van der Waals surface area contributed by atoms with E-state index in [2.05, 4.69) is 36.2 Å². The molecule has 0 aliphatic rings. The van der Waals surface area contributed by atoms with Gasteiger partial charge >= 0.3 is 6.03 Å². The van der Waals surface area contributed by atoms with Gasteiger partial charge in [0.15, 0.2) is 0 Å². The monoisotopic (exact) mass is 441 g/mol. The minimum Gasteiger partial charge on any atom is -0.494 e. The number of hydrogen-bond donors (Lipinski definition) is 4. The highest BCUT2D eigenvalue weighted by Gasteiger charge is 2.05. The molecule has 4 aromatic rings. The molecule has 0 atom stereocenters. The summed E-state index contributed by atoms with van der Waals surface area (Å²) in [6.45, 7) is 2.52. The second-order valence-corrected chi connectivity index (χ2v) is 6.87. The molecule has 2 heterocycles. The minimum atomic E-state index is -0.332. The number of benzene rings is 2. The number of urea groups is 1. The quantitative estimate of drug-likeness (QED) is 0.289. The number of hydrogen-bond acceptors (Lipinski definition) is 7. The second-order valence-electron chi connectivity index (χ2n) is 6.87. The molecule has 166 valence electrons. The van der Waals surface area contributed by atoms with Crippen molar-refractivity contribution >= 4 is 40.5 Å². The van der Waals surface area contributed by atoms with Gasteiger partial charge in [-0.05, 0) is 67.6 Å². The standard InChI is InChI=1S/C24H23N7O2/c1-2-33-20-12-10-19(11-13-20)30-24(32)29-18-8-6-17(7-9-18)28-22-15-23(27-16-26-22)31-21-5-3-4-14-25-21/h3-16H,2H2,1H3,(H2,29,30,32)(H2,25,26,27,28,31). The number of anilines is 6. The number of pyridine rings is 1. The van der Waals surface area contributed by atoms with E-state index in [1.165, 1.54) is 6.33 Å². The molecule has 0 unspecified atom stereocenters. The number of nitrogens with zero attached hydrogens (tertiary/aromatic N) is 3. The van der Waals surface area contributed by atoms with Crippen LogP contribution in [0.4, 0.5) is 39.3 Å². The van der Waals surface area contributed by atoms with Crippen LogP contribution in [0.2, 0.25) is 0 Å². The fourth-order valence-corrected chi connectivity index (χ4v) is 2.94. The van der Waals surface area contributed by atoms with Gasteiger partial charge in [0, 0.05) is 29.3 Å². The van der Waals surface area contributed by atoms with E-state index in [4.69, 9.17) is 4.74 Å². The summed E-state index contributed by atoms with van der Waals surface area (Å²) in [5, 5.41) is 11.9. The van der Waals surface area contributed by atoms with Crippen molar-refractivity contribution in [3.05, 3.63) is 85.3 Å². The SMILES string of the molecule is CCOc1ccc(NC(=O)Nc2ccc(Nc3cc(Nc4ccccn4)ncn3)cc2)cc1. The van der Waals surface area contributed by atoms with Crippen LogP contribution in [0.15, 0.2) is 85.3 Å². The molecule has 4 N–H and O–H groups in total. The molecule has 0 saturated heterocycles. The Morgan fingerprint density at radius 3 is 2.03 bits per heavy atom. The van der Waals surface area contributed by atoms with Gasteiger partial charge in [-0.3, -0.25) is 0 Å². The Morgan fingerprint density at radius 1 is 0.758 bits per heavy atom. The topological polar surface area (TPSA) is 113 Å². The van der Waals surface area contributed by atoms with Crippen LogP contribution in [0.3, 0.4) is 0 Å². The van der Waals surface area contributed by atoms with Crippen molar-refractivity contribution in [2.75, 3.05) is 27.9 Å². The third-order valence-electron chi connectivity index (χ3n) is 4.43. The zero-order valence-corrected chi connectivity index (χ0v) is 17.9. The normalized spacial score (nSPS) is 10.2. The van der Waals surface area contributed by atoms with Crippen molar-refractivity contribution in [1.29, 1.82) is 0 Å². The van der Waals surface area contributed by atoms with Crippen molar-refractivity contribution in [2.24, 2.45) is 0 Å². The number of aromatic nitrogens is 3. The summed E-state index contributed by atoms with van der Waals surface area (Å²) in [4.78, 5) is 24.9. The summed E-state index contributed by atoms with van der Waals surface area (Å²) in [5.74, 6) is 2.70. The maximum Gasteiger partial charge on any atom is 0.323 e. The Morgan fingerprint density at radius 2 is 1.39 bits per heavy atom. The third kappa shape index (κ3) is 6.41. The molecule has 0 saturated carbocycles. The Hall–Kier alpha value is -4.66. The summed E-state index contributed by atoms with van der Waals surface area (Å²) in [7, 11) is 0. The zero-order valence-electron chi connectivity index (χ0n) is 17.9. The van der Waals surface area contributed by atoms with Crippen molar-refractivity contribution in [1.82, 2.24) is 15.0 Å². The van der Waals surface area contributed by atoms with E-state index in [1.54, 1.807) is 36.5 Å². The molecule has 33 heavy (non-hydrogen) atoms. The van der Waals surface area contributed by atoms with Crippen LogP contribution in [0.5, 0.6) is 5.75 Å². The minimum absolute atomic E-state index is 0.332. The number of nitrogens with one attached hydrogen (secondary N) is 4. The van der Waals surface area contributed by atoms with Crippen LogP contribution in [-0.4, -0.2) is 27.6 Å². The predicted octanol–water partition coefficient (Wildman–Crippen LogP) is 5.40. The van der Waals surface area contributed by atoms with E-state index in [9.17, 15) is 4.79 Å². The van der Waals surface area contributed by atoms with Crippen LogP contribution in [0.1, 0.15) is 6.92 Å². The summed E-state index contributed by atoms with van der Waals surface area (Å²) in [6.07, 6.45) is 3.17. The second kappa shape index (κ2) is 10.6. The first-order chi connectivity index (χ1) is 16.2. The molecular formula is C24H23N7O2. The summed E-state index contributed by atoms with van der Waals surface area (Å²) < 4.78 is 5.40. The van der Waals surface area contributed by atoms with E-state index >= 15 is 0 Å². The van der Waals surface area contributed by atoms with Crippen molar-refractivity contribution < 1.29 is 9.53 Å². The number of ether oxygens (including phenoxy) is 1. The maximum atomic E-state index is 12.3. The van der Waals surface area contributed by atoms with Gasteiger partial charge in [-0.2, -0.15) is 0 Å². The van der Waals surface area contributed by atoms with Crippen LogP contribution < -0.4 is 26.0 Å². The lowest BCUT2D eigenvalue weighted by Crippen LogP contribution is -2.19. The van der Waals surface area contributed by atoms with Gasteiger partial charge in [0.2, 0.25) is 0 Å². The highest BCUT2D eigenvalue weighted by Crippen LogP contribution is 2.21. The van der Waals surface area contributed by atoms with Crippen LogP contribution in [-0.2, 0) is 0 Å². The Bertz CT molecular complexity index is 1180. The fourth-order valence-electron chi connectivity index (χ4n) is 2.94. The van der Waals surface area contributed by atoms with Gasteiger partial charge in [-0.15, -0.1) is 0 Å². The average Bonchev–Trinajstić information content (AvgIpc) is 2.83. The lowest BCUT2D eigenvalue weighted by atomic mass is 10.2. The van der Waals surface area contributed by atoms with Gasteiger partial charge in [0.05, 0.1) is 6.61 Å². The van der Waals surface area contributed by atoms with E-state index in [0.29, 0.717) is 35.4 Å². The maximum absolute atomic E-state index is 12.3. The smallest absolute Gasteiger partial charge is 0.323 e. The molecule has 4 rings (SSSR count). The van der Waals surface area contributed by atoms with Crippen molar-refractivity contribution in [3.8, 4) is 5.75 Å². The molecule has 9 nitrogen and oxygen atoms in total. The highest BCUT2D eigenvalue weighted by atomic mass is 16.5. The van der Waals surface area contributed by atoms with E-state index in [-0.39, 0.29) is 6.03 Å². The number of rotatable bonds is 8. The lowest BCUT2D eigenvalue weighted by Gasteiger charge is -2.10. The summed E-state index contributed by atoms with van der Waals surface area (Å²) >= 11 is 0. The van der Waals surface area contributed by atoms with E-state index in [1.807, 2.05) is 49.4 Å². The predicted molar refractivity (Wildman–Crippen MR) is 130 cm³/mol. The molecule has 0 aliphatic heterocycles. The molecule has 0 fully saturated rings. The van der Waals surface area contributed by atoms with Crippen molar-refractivity contribution in [3.63, 3.8) is 0 Å². The fraction of sp³-hybridized carbons (Fsp3) is 0.0833. The average molecular weight is 441 g/mol. The number of carbonyl (C=O) groups excluding carboxylic acids is 1. The van der Waals surface area contributed by atoms with Crippen LogP contribution >= 0.6 is 0 Å². The first kappa shape index (κ1) is 21.6. The van der Waals surface area contributed by atoms with Gasteiger partial charge in [0.1, 0.15) is 29.5 Å². The van der Waals surface area contributed by atoms with Gasteiger partial charge in [0.25, 0.3) is 0 Å². The van der Waals surface area contributed by atoms with Crippen molar-refractivity contribution in [2.45, 2.75) is 6.92 Å². The highest BCUT2D eigenvalue weighted by molar-refractivity contribution is 5.99. The van der Waals surface area contributed by atoms with Crippen LogP contribution in [0, 0.1) is 0 Å². The molecular weight excluding hydrogens is 418 g/mol. The number of carbonyl (C=O) groups is 1. The summed E-state index contributed by atoms with van der Waals surface area (Å²) in [5.41, 5.74) is 2.15. The van der Waals surface area contributed by atoms with E-state index in [0.717, 1.165) is 11.4 Å². The molecule has 2 aromatic carbocycles. The lowest BCUT2D eigenvalue weighted by molar-refractivity contribution is 0.262. The first-order valence-electron chi connectivity index (χ1n) is 10.4. The zero-order chi connectivity index (χ0) is 22.9. The molecule has 0 aliphatic carbocycles. The van der Waals surface area contributed by atoms with E-state index < -0.39 is 0 Å². The Balaban J connectivity index is 1.32. The molecule has 0 spiro atoms. The molecule has 2 aromatic heterocycles. The Kier molecular flexibility index (Phi) is 6.92. The van der Waals surface area contributed by atoms with Crippen LogP contribution in [0.25, 0.3) is 0 Å². The number of amides is 2. The summed E-state index contributed by atoms with van der Waals surface area (Å²) in [6, 6.07) is 21.5. The Labute approximate surface area is 191 Å². The molecule has 0 radical (unpaired) electrons. The molecule has 9 heteroatoms. The molecule has 0 bridgehead atoms.